The number of hydrogen-bond acceptors (Lipinski definition) is 4. The van der Waals surface area contributed by atoms with E-state index in [1.807, 2.05) is 13.0 Å². The highest BCUT2D eigenvalue weighted by Crippen LogP contribution is 2.22. The molecule has 0 radical (unpaired) electrons. The Labute approximate surface area is 76.6 Å². The topological polar surface area (TPSA) is 74.7 Å². The molecule has 5 nitrogen and oxygen atoms in total. The third kappa shape index (κ3) is 1.84. The molecule has 0 aliphatic heterocycles. The number of aromatic nitrogens is 3. The van der Waals surface area contributed by atoms with Crippen LogP contribution >= 0.6 is 0 Å². The highest BCUT2D eigenvalue weighted by atomic mass is 16.3. The van der Waals surface area contributed by atoms with Crippen LogP contribution in [0.3, 0.4) is 0 Å². The number of hydrogen-bond donors (Lipinski definition) is 1. The van der Waals surface area contributed by atoms with Crippen molar-refractivity contribution in [3.63, 3.8) is 0 Å². The van der Waals surface area contributed by atoms with Gasteiger partial charge < -0.3 is 5.11 Å². The van der Waals surface area contributed by atoms with Gasteiger partial charge in [0, 0.05) is 7.05 Å². The third-order valence-electron chi connectivity index (χ3n) is 2.04. The first-order chi connectivity index (χ1) is 6.20. The fourth-order valence-electron chi connectivity index (χ4n) is 1.16. The molecule has 2 atom stereocenters. The van der Waals surface area contributed by atoms with Crippen molar-refractivity contribution in [3.05, 3.63) is 11.9 Å². The molecule has 0 saturated heterocycles. The second kappa shape index (κ2) is 4.01. The summed E-state index contributed by atoms with van der Waals surface area (Å²) in [5.41, 5.74) is 0.577. The van der Waals surface area contributed by atoms with E-state index in [0.29, 0.717) is 12.1 Å². The molecule has 0 fully saturated rings. The van der Waals surface area contributed by atoms with Crippen LogP contribution in [0.5, 0.6) is 0 Å². The molecule has 2 unspecified atom stereocenters. The molecule has 1 heterocycles. The van der Waals surface area contributed by atoms with Crippen LogP contribution < -0.4 is 0 Å². The van der Waals surface area contributed by atoms with Crippen molar-refractivity contribution in [1.82, 2.24) is 15.0 Å². The highest BCUT2D eigenvalue weighted by Gasteiger charge is 2.21. The maximum absolute atomic E-state index is 9.73. The van der Waals surface area contributed by atoms with E-state index in [9.17, 15) is 5.11 Å². The summed E-state index contributed by atoms with van der Waals surface area (Å²) in [5.74, 6) is -0.391. The minimum Gasteiger partial charge on any atom is -0.385 e. The molecular weight excluding hydrogens is 168 g/mol. The number of rotatable bonds is 3. The van der Waals surface area contributed by atoms with Gasteiger partial charge >= 0.3 is 0 Å². The molecule has 0 aromatic carbocycles. The third-order valence-corrected chi connectivity index (χ3v) is 2.04. The van der Waals surface area contributed by atoms with Gasteiger partial charge in [-0.2, -0.15) is 5.26 Å². The van der Waals surface area contributed by atoms with Crippen LogP contribution in [0, 0.1) is 17.2 Å². The predicted octanol–water partition coefficient (Wildman–Crippen LogP) is 0.398. The molecule has 70 valence electrons. The molecule has 0 spiro atoms. The van der Waals surface area contributed by atoms with Gasteiger partial charge in [-0.25, -0.2) is 4.68 Å². The van der Waals surface area contributed by atoms with E-state index in [-0.39, 0.29) is 0 Å². The van der Waals surface area contributed by atoms with Gasteiger partial charge in [-0.3, -0.25) is 0 Å². The van der Waals surface area contributed by atoms with Gasteiger partial charge in [0.2, 0.25) is 0 Å². The Morgan fingerprint density at radius 1 is 1.77 bits per heavy atom. The van der Waals surface area contributed by atoms with Gasteiger partial charge in [0.25, 0.3) is 0 Å². The van der Waals surface area contributed by atoms with Crippen molar-refractivity contribution in [2.45, 2.75) is 19.4 Å². The lowest BCUT2D eigenvalue weighted by Crippen LogP contribution is -2.13. The summed E-state index contributed by atoms with van der Waals surface area (Å²) in [4.78, 5) is 0. The summed E-state index contributed by atoms with van der Waals surface area (Å²) in [5, 5.41) is 25.8. The molecule has 1 aromatic rings. The number of aliphatic hydroxyl groups is 1. The Morgan fingerprint density at radius 3 is 2.85 bits per heavy atom. The standard InChI is InChI=1S/C8H12N4O/c1-3-6(4-9)8(13)7-5-10-11-12(7)2/h5-6,8,13H,3H2,1-2H3. The van der Waals surface area contributed by atoms with Crippen molar-refractivity contribution < 1.29 is 5.11 Å². The van der Waals surface area contributed by atoms with Crippen LogP contribution in [0.2, 0.25) is 0 Å². The summed E-state index contributed by atoms with van der Waals surface area (Å²) in [6.45, 7) is 1.86. The monoisotopic (exact) mass is 180 g/mol. The zero-order valence-corrected chi connectivity index (χ0v) is 7.68. The molecule has 0 amide bonds. The van der Waals surface area contributed by atoms with Crippen LogP contribution in [-0.4, -0.2) is 20.1 Å². The fraction of sp³-hybridized carbons (Fsp3) is 0.625. The normalized spacial score (nSPS) is 14.9. The zero-order valence-electron chi connectivity index (χ0n) is 7.68. The second-order valence-corrected chi connectivity index (χ2v) is 2.87. The lowest BCUT2D eigenvalue weighted by Gasteiger charge is -2.13. The molecular formula is C8H12N4O. The van der Waals surface area contributed by atoms with Crippen molar-refractivity contribution >= 4 is 0 Å². The van der Waals surface area contributed by atoms with Crippen LogP contribution in [0.25, 0.3) is 0 Å². The van der Waals surface area contributed by atoms with E-state index < -0.39 is 12.0 Å². The van der Waals surface area contributed by atoms with E-state index in [1.165, 1.54) is 10.9 Å². The number of aryl methyl sites for hydroxylation is 1. The van der Waals surface area contributed by atoms with Crippen molar-refractivity contribution in [2.24, 2.45) is 13.0 Å². The van der Waals surface area contributed by atoms with Crippen molar-refractivity contribution in [3.8, 4) is 6.07 Å². The summed E-state index contributed by atoms with van der Waals surface area (Å²) in [7, 11) is 1.69. The van der Waals surface area contributed by atoms with Crippen LogP contribution in [0.1, 0.15) is 25.1 Å². The van der Waals surface area contributed by atoms with E-state index in [0.717, 1.165) is 0 Å². The largest absolute Gasteiger partial charge is 0.385 e. The smallest absolute Gasteiger partial charge is 0.113 e. The molecule has 0 bridgehead atoms. The molecule has 5 heteroatoms. The van der Waals surface area contributed by atoms with Gasteiger partial charge in [-0.15, -0.1) is 5.10 Å². The first kappa shape index (κ1) is 9.68. The van der Waals surface area contributed by atoms with E-state index in [1.54, 1.807) is 7.05 Å². The average Bonchev–Trinajstić information content (AvgIpc) is 2.53. The second-order valence-electron chi connectivity index (χ2n) is 2.87. The quantitative estimate of drug-likeness (QED) is 0.730. The molecule has 0 aliphatic carbocycles. The highest BCUT2D eigenvalue weighted by molar-refractivity contribution is 5.04. The lowest BCUT2D eigenvalue weighted by atomic mass is 9.99. The van der Waals surface area contributed by atoms with Crippen LogP contribution in [-0.2, 0) is 7.05 Å². The van der Waals surface area contributed by atoms with Crippen molar-refractivity contribution in [1.29, 1.82) is 5.26 Å². The maximum atomic E-state index is 9.73. The summed E-state index contributed by atoms with van der Waals surface area (Å²) in [6.07, 6.45) is 1.29. The van der Waals surface area contributed by atoms with Gasteiger partial charge in [0.05, 0.1) is 23.9 Å². The van der Waals surface area contributed by atoms with Gasteiger partial charge in [-0.1, -0.05) is 12.1 Å². The molecule has 0 saturated carbocycles. The Balaban J connectivity index is 2.85. The van der Waals surface area contributed by atoms with Crippen molar-refractivity contribution in [2.75, 3.05) is 0 Å². The zero-order chi connectivity index (χ0) is 9.84. The van der Waals surface area contributed by atoms with E-state index in [2.05, 4.69) is 10.3 Å². The Bertz CT molecular complexity index is 314. The summed E-state index contributed by atoms with van der Waals surface area (Å²) >= 11 is 0. The molecule has 0 aliphatic rings. The lowest BCUT2D eigenvalue weighted by molar-refractivity contribution is 0.124. The van der Waals surface area contributed by atoms with E-state index >= 15 is 0 Å². The first-order valence-corrected chi connectivity index (χ1v) is 4.13. The minimum atomic E-state index is -0.796. The fourth-order valence-corrected chi connectivity index (χ4v) is 1.16. The van der Waals surface area contributed by atoms with Gasteiger partial charge in [-0.05, 0) is 6.42 Å². The van der Waals surface area contributed by atoms with Gasteiger partial charge in [0.1, 0.15) is 6.10 Å². The number of nitriles is 1. The maximum Gasteiger partial charge on any atom is 0.113 e. The molecule has 1 rings (SSSR count). The Hall–Kier alpha value is -1.41. The molecule has 13 heavy (non-hydrogen) atoms. The molecule has 1 N–H and O–H groups in total. The van der Waals surface area contributed by atoms with Gasteiger partial charge in [0.15, 0.2) is 0 Å². The SMILES string of the molecule is CCC(C#N)C(O)c1cnnn1C. The summed E-state index contributed by atoms with van der Waals surface area (Å²) in [6, 6.07) is 2.05. The van der Waals surface area contributed by atoms with E-state index in [4.69, 9.17) is 5.26 Å². The Morgan fingerprint density at radius 2 is 2.46 bits per heavy atom. The summed E-state index contributed by atoms with van der Waals surface area (Å²) < 4.78 is 1.48. The Kier molecular flexibility index (Phi) is 2.98. The number of aliphatic hydroxyl groups excluding tert-OH is 1. The molecule has 1 aromatic heterocycles. The first-order valence-electron chi connectivity index (χ1n) is 4.13. The average molecular weight is 180 g/mol. The predicted molar refractivity (Wildman–Crippen MR) is 45.4 cm³/mol. The number of nitrogens with zero attached hydrogens (tertiary/aromatic N) is 4. The minimum absolute atomic E-state index is 0.391. The van der Waals surface area contributed by atoms with Crippen LogP contribution in [0.4, 0.5) is 0 Å². The van der Waals surface area contributed by atoms with Crippen LogP contribution in [0.15, 0.2) is 6.20 Å².